The molecular weight excluding hydrogens is 214 g/mol. The molecule has 86 valence electrons. The Morgan fingerprint density at radius 2 is 2.40 bits per heavy atom. The highest BCUT2D eigenvalue weighted by atomic mass is 32.2. The van der Waals surface area contributed by atoms with Crippen LogP contribution in [-0.2, 0) is 7.05 Å². The maximum absolute atomic E-state index is 8.88. The van der Waals surface area contributed by atoms with Crippen LogP contribution >= 0.6 is 11.8 Å². The van der Waals surface area contributed by atoms with Gasteiger partial charge >= 0.3 is 0 Å². The third-order valence-electron chi connectivity index (χ3n) is 1.97. The van der Waals surface area contributed by atoms with Crippen LogP contribution in [0, 0.1) is 0 Å². The van der Waals surface area contributed by atoms with Gasteiger partial charge in [0, 0.05) is 25.4 Å². The Labute approximate surface area is 93.4 Å². The maximum atomic E-state index is 8.88. The van der Waals surface area contributed by atoms with Crippen LogP contribution < -0.4 is 5.32 Å². The molecule has 1 unspecified atom stereocenters. The number of nitrogens with one attached hydrogen (secondary N) is 1. The molecule has 0 aromatic carbocycles. The predicted octanol–water partition coefficient (Wildman–Crippen LogP) is -0.337. The Balaban J connectivity index is 2.36. The fourth-order valence-corrected chi connectivity index (χ4v) is 2.16. The van der Waals surface area contributed by atoms with Crippen LogP contribution in [0.2, 0.25) is 0 Å². The highest BCUT2D eigenvalue weighted by molar-refractivity contribution is 7.99. The lowest BCUT2D eigenvalue weighted by Gasteiger charge is -2.15. The number of hydrogen-bond donors (Lipinski definition) is 2. The Hall–Kier alpha value is -0.660. The first-order valence-corrected chi connectivity index (χ1v) is 5.95. The van der Waals surface area contributed by atoms with Gasteiger partial charge in [-0.3, -0.25) is 0 Å². The molecule has 7 heteroatoms. The van der Waals surface area contributed by atoms with Crippen LogP contribution in [0.1, 0.15) is 13.3 Å². The maximum Gasteiger partial charge on any atom is 0.209 e. The van der Waals surface area contributed by atoms with E-state index < -0.39 is 0 Å². The van der Waals surface area contributed by atoms with Gasteiger partial charge in [-0.2, -0.15) is 0 Å². The fraction of sp³-hybridized carbons (Fsp3) is 0.875. The molecule has 1 heterocycles. The molecule has 0 saturated carbocycles. The summed E-state index contributed by atoms with van der Waals surface area (Å²) in [5.41, 5.74) is 0. The van der Waals surface area contributed by atoms with Gasteiger partial charge in [0.1, 0.15) is 0 Å². The van der Waals surface area contributed by atoms with Gasteiger partial charge in [0.25, 0.3) is 0 Å². The van der Waals surface area contributed by atoms with Gasteiger partial charge in [-0.1, -0.05) is 18.7 Å². The van der Waals surface area contributed by atoms with Gasteiger partial charge in [0.05, 0.1) is 0 Å². The summed E-state index contributed by atoms with van der Waals surface area (Å²) in [7, 11) is 1.82. The second-order valence-corrected chi connectivity index (χ2v) is 4.15. The van der Waals surface area contributed by atoms with Crippen molar-refractivity contribution in [2.45, 2.75) is 24.5 Å². The zero-order valence-corrected chi connectivity index (χ0v) is 9.87. The first-order valence-electron chi connectivity index (χ1n) is 4.97. The van der Waals surface area contributed by atoms with E-state index in [0.29, 0.717) is 6.04 Å². The van der Waals surface area contributed by atoms with E-state index >= 15 is 0 Å². The summed E-state index contributed by atoms with van der Waals surface area (Å²) in [5.74, 6) is 0.864. The average molecular weight is 231 g/mol. The largest absolute Gasteiger partial charge is 0.396 e. The van der Waals surface area contributed by atoms with Crippen LogP contribution in [0.3, 0.4) is 0 Å². The van der Waals surface area contributed by atoms with Crippen molar-refractivity contribution in [3.8, 4) is 0 Å². The molecule has 0 bridgehead atoms. The van der Waals surface area contributed by atoms with Crippen LogP contribution in [-0.4, -0.2) is 50.3 Å². The molecule has 0 aliphatic heterocycles. The number of tetrazole rings is 1. The van der Waals surface area contributed by atoms with Crippen LogP contribution in [0.15, 0.2) is 5.16 Å². The molecule has 2 N–H and O–H groups in total. The SMILES string of the molecule is CCNC(CCO)CSc1nnnn1C. The predicted molar refractivity (Wildman–Crippen MR) is 58.7 cm³/mol. The molecule has 1 rings (SSSR count). The van der Waals surface area contributed by atoms with Gasteiger partial charge in [-0.15, -0.1) is 5.10 Å². The third kappa shape index (κ3) is 4.15. The van der Waals surface area contributed by atoms with E-state index in [1.165, 1.54) is 0 Å². The molecule has 1 atom stereocenters. The standard InChI is InChI=1S/C8H17N5OS/c1-3-9-7(4-5-14)6-15-8-10-11-12-13(8)2/h7,9,14H,3-6H2,1-2H3. The molecule has 15 heavy (non-hydrogen) atoms. The summed E-state index contributed by atoms with van der Waals surface area (Å²) >= 11 is 1.59. The summed E-state index contributed by atoms with van der Waals surface area (Å²) < 4.78 is 1.65. The number of aryl methyl sites for hydroxylation is 1. The summed E-state index contributed by atoms with van der Waals surface area (Å²) in [6.07, 6.45) is 0.756. The molecule has 6 nitrogen and oxygen atoms in total. The van der Waals surface area contributed by atoms with Crippen molar-refractivity contribution in [3.63, 3.8) is 0 Å². The second-order valence-electron chi connectivity index (χ2n) is 3.16. The lowest BCUT2D eigenvalue weighted by atomic mass is 10.2. The second kappa shape index (κ2) is 6.76. The minimum atomic E-state index is 0.204. The lowest BCUT2D eigenvalue weighted by Crippen LogP contribution is -2.32. The Bertz CT molecular complexity index is 274. The molecule has 0 amide bonds. The van der Waals surface area contributed by atoms with E-state index in [4.69, 9.17) is 5.11 Å². The van der Waals surface area contributed by atoms with E-state index in [1.54, 1.807) is 16.4 Å². The molecule has 0 spiro atoms. The highest BCUT2D eigenvalue weighted by Gasteiger charge is 2.10. The molecular formula is C8H17N5OS. The summed E-state index contributed by atoms with van der Waals surface area (Å²) in [4.78, 5) is 0. The van der Waals surface area contributed by atoms with Crippen molar-refractivity contribution in [3.05, 3.63) is 0 Å². The Kier molecular flexibility index (Phi) is 5.59. The molecule has 0 saturated heterocycles. The number of rotatable bonds is 7. The summed E-state index contributed by atoms with van der Waals surface area (Å²) in [5, 5.41) is 24.2. The monoisotopic (exact) mass is 231 g/mol. The van der Waals surface area contributed by atoms with Crippen molar-refractivity contribution < 1.29 is 5.11 Å². The summed E-state index contributed by atoms with van der Waals surface area (Å²) in [6, 6.07) is 0.307. The van der Waals surface area contributed by atoms with Gasteiger partial charge in [0.2, 0.25) is 5.16 Å². The zero-order valence-electron chi connectivity index (χ0n) is 9.05. The average Bonchev–Trinajstić information content (AvgIpc) is 2.61. The molecule has 0 aliphatic carbocycles. The van der Waals surface area contributed by atoms with Crippen LogP contribution in [0.4, 0.5) is 0 Å². The fourth-order valence-electron chi connectivity index (χ4n) is 1.21. The number of hydrogen-bond acceptors (Lipinski definition) is 6. The summed E-state index contributed by atoms with van der Waals surface area (Å²) in [6.45, 7) is 3.16. The number of aliphatic hydroxyl groups is 1. The van der Waals surface area contributed by atoms with Crippen molar-refractivity contribution in [2.75, 3.05) is 18.9 Å². The molecule has 0 aliphatic rings. The molecule has 0 fully saturated rings. The van der Waals surface area contributed by atoms with Gasteiger partial charge in [-0.25, -0.2) is 4.68 Å². The first-order chi connectivity index (χ1) is 7.27. The number of aliphatic hydroxyl groups excluding tert-OH is 1. The molecule has 0 radical (unpaired) electrons. The van der Waals surface area contributed by atoms with E-state index in [-0.39, 0.29) is 6.61 Å². The first kappa shape index (κ1) is 12.4. The van der Waals surface area contributed by atoms with Gasteiger partial charge in [-0.05, 0) is 23.4 Å². The quantitative estimate of drug-likeness (QED) is 0.625. The van der Waals surface area contributed by atoms with E-state index in [2.05, 4.69) is 27.8 Å². The van der Waals surface area contributed by atoms with Crippen LogP contribution in [0.5, 0.6) is 0 Å². The van der Waals surface area contributed by atoms with E-state index in [9.17, 15) is 0 Å². The van der Waals surface area contributed by atoms with Crippen molar-refractivity contribution >= 4 is 11.8 Å². The van der Waals surface area contributed by atoms with E-state index in [1.807, 2.05) is 7.05 Å². The van der Waals surface area contributed by atoms with Crippen molar-refractivity contribution in [1.82, 2.24) is 25.5 Å². The van der Waals surface area contributed by atoms with Gasteiger partial charge < -0.3 is 10.4 Å². The zero-order chi connectivity index (χ0) is 11.1. The normalized spacial score (nSPS) is 13.0. The van der Waals surface area contributed by atoms with Crippen molar-refractivity contribution in [2.24, 2.45) is 7.05 Å². The topological polar surface area (TPSA) is 75.9 Å². The smallest absolute Gasteiger partial charge is 0.209 e. The number of nitrogens with zero attached hydrogens (tertiary/aromatic N) is 4. The number of aromatic nitrogens is 4. The Morgan fingerprint density at radius 1 is 1.60 bits per heavy atom. The van der Waals surface area contributed by atoms with Crippen molar-refractivity contribution in [1.29, 1.82) is 0 Å². The molecule has 1 aromatic rings. The Morgan fingerprint density at radius 3 is 2.93 bits per heavy atom. The van der Waals surface area contributed by atoms with Gasteiger partial charge in [0.15, 0.2) is 0 Å². The van der Waals surface area contributed by atoms with Crippen LogP contribution in [0.25, 0.3) is 0 Å². The minimum absolute atomic E-state index is 0.204. The van der Waals surface area contributed by atoms with E-state index in [0.717, 1.165) is 23.9 Å². The number of thioether (sulfide) groups is 1. The lowest BCUT2D eigenvalue weighted by molar-refractivity contribution is 0.271. The molecule has 1 aromatic heterocycles. The highest BCUT2D eigenvalue weighted by Crippen LogP contribution is 2.14. The third-order valence-corrected chi connectivity index (χ3v) is 3.14. The minimum Gasteiger partial charge on any atom is -0.396 e.